The molecule has 8 heteroatoms. The lowest BCUT2D eigenvalue weighted by Crippen LogP contribution is -2.40. The van der Waals surface area contributed by atoms with Crippen molar-refractivity contribution in [3.63, 3.8) is 0 Å². The lowest BCUT2D eigenvalue weighted by Gasteiger charge is -2.20. The number of alkyl carbamates (subject to hydrolysis) is 1. The molecular formula is C19H26FN3O4. The molecule has 2 N–H and O–H groups in total. The molecular weight excluding hydrogens is 353 g/mol. The molecule has 1 aromatic rings. The fourth-order valence-electron chi connectivity index (χ4n) is 2.76. The van der Waals surface area contributed by atoms with Crippen LogP contribution >= 0.6 is 0 Å². The van der Waals surface area contributed by atoms with Crippen LogP contribution in [0.1, 0.15) is 32.8 Å². The number of rotatable bonds is 5. The molecule has 7 nitrogen and oxygen atoms in total. The van der Waals surface area contributed by atoms with Crippen molar-refractivity contribution in [2.24, 2.45) is 5.92 Å². The molecule has 0 bridgehead atoms. The smallest absolute Gasteiger partial charge is 0.407 e. The average molecular weight is 379 g/mol. The Bertz CT molecular complexity index is 730. The summed E-state index contributed by atoms with van der Waals surface area (Å²) in [5, 5.41) is 5.22. The maximum absolute atomic E-state index is 14.1. The molecule has 1 atom stereocenters. The minimum Gasteiger partial charge on any atom is -0.444 e. The van der Waals surface area contributed by atoms with E-state index in [2.05, 4.69) is 10.6 Å². The van der Waals surface area contributed by atoms with Gasteiger partial charge < -0.3 is 20.3 Å². The second-order valence-corrected chi connectivity index (χ2v) is 7.58. The number of nitrogens with zero attached hydrogens (tertiary/aromatic N) is 1. The van der Waals surface area contributed by atoms with Crippen molar-refractivity contribution >= 4 is 23.6 Å². The summed E-state index contributed by atoms with van der Waals surface area (Å²) in [5.41, 5.74) is 0.355. The van der Waals surface area contributed by atoms with Gasteiger partial charge in [-0.3, -0.25) is 9.59 Å². The third-order valence-corrected chi connectivity index (χ3v) is 3.98. The van der Waals surface area contributed by atoms with Gasteiger partial charge >= 0.3 is 6.09 Å². The SMILES string of the molecule is Cc1ccc(N2C[C@H](C(=O)NCCNC(=O)OC(C)(C)C)CC2=O)c(F)c1. The Morgan fingerprint density at radius 2 is 1.93 bits per heavy atom. The van der Waals surface area contributed by atoms with Crippen molar-refractivity contribution < 1.29 is 23.5 Å². The Labute approximate surface area is 158 Å². The van der Waals surface area contributed by atoms with Crippen molar-refractivity contribution in [1.82, 2.24) is 10.6 Å². The molecule has 0 radical (unpaired) electrons. The number of benzene rings is 1. The maximum Gasteiger partial charge on any atom is 0.407 e. The number of hydrogen-bond donors (Lipinski definition) is 2. The lowest BCUT2D eigenvalue weighted by molar-refractivity contribution is -0.126. The van der Waals surface area contributed by atoms with E-state index in [-0.39, 0.29) is 43.6 Å². The predicted molar refractivity (Wildman–Crippen MR) is 98.8 cm³/mol. The van der Waals surface area contributed by atoms with Crippen LogP contribution in [-0.2, 0) is 14.3 Å². The van der Waals surface area contributed by atoms with E-state index >= 15 is 0 Å². The van der Waals surface area contributed by atoms with Gasteiger partial charge in [0.1, 0.15) is 11.4 Å². The molecule has 1 heterocycles. The molecule has 0 aliphatic carbocycles. The molecule has 0 aromatic heterocycles. The minimum atomic E-state index is -0.591. The topological polar surface area (TPSA) is 87.7 Å². The van der Waals surface area contributed by atoms with Crippen molar-refractivity contribution in [3.05, 3.63) is 29.6 Å². The van der Waals surface area contributed by atoms with E-state index in [1.807, 2.05) is 0 Å². The number of ether oxygens (including phenoxy) is 1. The zero-order valence-corrected chi connectivity index (χ0v) is 16.1. The van der Waals surface area contributed by atoms with Gasteiger partial charge in [-0.25, -0.2) is 9.18 Å². The minimum absolute atomic E-state index is 0.0264. The highest BCUT2D eigenvalue weighted by Gasteiger charge is 2.36. The molecule has 148 valence electrons. The number of carbonyl (C=O) groups is 3. The zero-order valence-electron chi connectivity index (χ0n) is 16.1. The highest BCUT2D eigenvalue weighted by atomic mass is 19.1. The van der Waals surface area contributed by atoms with E-state index in [4.69, 9.17) is 4.74 Å². The molecule has 3 amide bonds. The van der Waals surface area contributed by atoms with Crippen molar-refractivity contribution in [2.45, 2.75) is 39.7 Å². The third kappa shape index (κ3) is 5.94. The molecule has 1 aliphatic heterocycles. The number of carbonyl (C=O) groups excluding carboxylic acids is 3. The first kappa shape index (κ1) is 20.7. The number of nitrogens with one attached hydrogen (secondary N) is 2. The highest BCUT2D eigenvalue weighted by molar-refractivity contribution is 6.00. The summed E-state index contributed by atoms with van der Waals surface area (Å²) in [7, 11) is 0. The summed E-state index contributed by atoms with van der Waals surface area (Å²) in [6, 6.07) is 4.63. The molecule has 0 saturated carbocycles. The van der Waals surface area contributed by atoms with Crippen LogP contribution in [0.15, 0.2) is 18.2 Å². The van der Waals surface area contributed by atoms with Crippen molar-refractivity contribution in [2.75, 3.05) is 24.5 Å². The van der Waals surface area contributed by atoms with E-state index in [0.717, 1.165) is 5.56 Å². The molecule has 1 fully saturated rings. The van der Waals surface area contributed by atoms with Crippen LogP contribution in [0.2, 0.25) is 0 Å². The van der Waals surface area contributed by atoms with Crippen LogP contribution in [0.25, 0.3) is 0 Å². The van der Waals surface area contributed by atoms with Gasteiger partial charge in [0.2, 0.25) is 11.8 Å². The van der Waals surface area contributed by atoms with Crippen molar-refractivity contribution in [3.8, 4) is 0 Å². The Morgan fingerprint density at radius 1 is 1.26 bits per heavy atom. The van der Waals surface area contributed by atoms with Crippen LogP contribution in [0, 0.1) is 18.7 Å². The van der Waals surface area contributed by atoms with Crippen LogP contribution in [-0.4, -0.2) is 43.1 Å². The van der Waals surface area contributed by atoms with Crippen LogP contribution in [0.4, 0.5) is 14.9 Å². The number of halogens is 1. The Kier molecular flexibility index (Phi) is 6.41. The quantitative estimate of drug-likeness (QED) is 0.767. The van der Waals surface area contributed by atoms with Gasteiger partial charge in [0.25, 0.3) is 0 Å². The van der Waals surface area contributed by atoms with Gasteiger partial charge in [-0.15, -0.1) is 0 Å². The predicted octanol–water partition coefficient (Wildman–Crippen LogP) is 2.13. The summed E-state index contributed by atoms with van der Waals surface area (Å²) in [6.07, 6.45) is -0.535. The number of anilines is 1. The van der Waals surface area contributed by atoms with Gasteiger partial charge in [-0.1, -0.05) is 6.07 Å². The zero-order chi connectivity index (χ0) is 20.2. The standard InChI is InChI=1S/C19H26FN3O4/c1-12-5-6-15(14(20)9-12)23-11-13(10-16(23)24)17(25)21-7-8-22-18(26)27-19(2,3)4/h5-6,9,13H,7-8,10-11H2,1-4H3,(H,21,25)(H,22,26)/t13-/m1/s1. The van der Waals surface area contributed by atoms with Gasteiger partial charge in [-0.2, -0.15) is 0 Å². The monoisotopic (exact) mass is 379 g/mol. The van der Waals surface area contributed by atoms with Crippen LogP contribution < -0.4 is 15.5 Å². The fourth-order valence-corrected chi connectivity index (χ4v) is 2.76. The fraction of sp³-hybridized carbons (Fsp3) is 0.526. The summed E-state index contributed by atoms with van der Waals surface area (Å²) < 4.78 is 19.2. The van der Waals surface area contributed by atoms with Crippen LogP contribution in [0.5, 0.6) is 0 Å². The molecule has 1 aliphatic rings. The van der Waals surface area contributed by atoms with E-state index in [1.165, 1.54) is 11.0 Å². The lowest BCUT2D eigenvalue weighted by atomic mass is 10.1. The molecule has 1 saturated heterocycles. The molecule has 27 heavy (non-hydrogen) atoms. The second-order valence-electron chi connectivity index (χ2n) is 7.58. The van der Waals surface area contributed by atoms with Gasteiger partial charge in [0, 0.05) is 26.1 Å². The summed E-state index contributed by atoms with van der Waals surface area (Å²) in [4.78, 5) is 37.3. The first-order chi connectivity index (χ1) is 12.6. The van der Waals surface area contributed by atoms with Crippen LogP contribution in [0.3, 0.4) is 0 Å². The summed E-state index contributed by atoms with van der Waals surface area (Å²) >= 11 is 0. The summed E-state index contributed by atoms with van der Waals surface area (Å²) in [6.45, 7) is 7.58. The first-order valence-electron chi connectivity index (χ1n) is 8.88. The number of hydrogen-bond acceptors (Lipinski definition) is 4. The average Bonchev–Trinajstić information content (AvgIpc) is 2.91. The Morgan fingerprint density at radius 3 is 2.56 bits per heavy atom. The van der Waals surface area contributed by atoms with Gasteiger partial charge in [0.05, 0.1) is 11.6 Å². The number of aryl methyl sites for hydroxylation is 1. The largest absolute Gasteiger partial charge is 0.444 e. The number of amides is 3. The Balaban J connectivity index is 1.81. The van der Waals surface area contributed by atoms with Gasteiger partial charge in [0.15, 0.2) is 0 Å². The van der Waals surface area contributed by atoms with Gasteiger partial charge in [-0.05, 0) is 45.4 Å². The van der Waals surface area contributed by atoms with E-state index in [1.54, 1.807) is 39.8 Å². The van der Waals surface area contributed by atoms with E-state index in [0.29, 0.717) is 0 Å². The highest BCUT2D eigenvalue weighted by Crippen LogP contribution is 2.28. The normalized spacial score (nSPS) is 17.0. The van der Waals surface area contributed by atoms with E-state index in [9.17, 15) is 18.8 Å². The maximum atomic E-state index is 14.1. The molecule has 2 rings (SSSR count). The summed E-state index contributed by atoms with van der Waals surface area (Å²) in [5.74, 6) is -1.63. The third-order valence-electron chi connectivity index (χ3n) is 3.98. The molecule has 0 unspecified atom stereocenters. The van der Waals surface area contributed by atoms with Crippen molar-refractivity contribution in [1.29, 1.82) is 0 Å². The Hall–Kier alpha value is -2.64. The first-order valence-corrected chi connectivity index (χ1v) is 8.88. The second kappa shape index (κ2) is 8.37. The molecule has 0 spiro atoms. The van der Waals surface area contributed by atoms with E-state index < -0.39 is 23.4 Å². The molecule has 1 aromatic carbocycles.